The van der Waals surface area contributed by atoms with E-state index in [1.165, 1.54) is 5.39 Å². The molecular formula is C14H14N4O. The summed E-state index contributed by atoms with van der Waals surface area (Å²) in [6, 6.07) is 8.10. The summed E-state index contributed by atoms with van der Waals surface area (Å²) in [6.07, 6.45) is 5.21. The van der Waals surface area contributed by atoms with Crippen LogP contribution in [0.2, 0.25) is 0 Å². The summed E-state index contributed by atoms with van der Waals surface area (Å²) in [5.74, 6) is -0.160. The van der Waals surface area contributed by atoms with Gasteiger partial charge in [-0.1, -0.05) is 12.1 Å². The molecule has 0 aliphatic carbocycles. The van der Waals surface area contributed by atoms with Gasteiger partial charge in [0, 0.05) is 31.5 Å². The van der Waals surface area contributed by atoms with Gasteiger partial charge in [-0.2, -0.15) is 0 Å². The average Bonchev–Trinajstić information content (AvgIpc) is 3.03. The second kappa shape index (κ2) is 4.61. The summed E-state index contributed by atoms with van der Waals surface area (Å²) < 4.78 is 1.75. The molecule has 0 spiro atoms. The Morgan fingerprint density at radius 1 is 1.42 bits per heavy atom. The van der Waals surface area contributed by atoms with Crippen LogP contribution in [-0.2, 0) is 13.6 Å². The molecule has 2 N–H and O–H groups in total. The van der Waals surface area contributed by atoms with Gasteiger partial charge in [-0.05, 0) is 23.1 Å². The number of aromatic nitrogens is 3. The van der Waals surface area contributed by atoms with Crippen LogP contribution in [0, 0.1) is 0 Å². The monoisotopic (exact) mass is 254 g/mol. The van der Waals surface area contributed by atoms with Gasteiger partial charge in [0.1, 0.15) is 5.69 Å². The van der Waals surface area contributed by atoms with E-state index >= 15 is 0 Å². The molecule has 0 bridgehead atoms. The molecule has 0 unspecified atom stereocenters. The number of rotatable bonds is 3. The van der Waals surface area contributed by atoms with Gasteiger partial charge in [-0.25, -0.2) is 4.98 Å². The van der Waals surface area contributed by atoms with Crippen LogP contribution >= 0.6 is 0 Å². The number of nitrogens with one attached hydrogen (secondary N) is 2. The molecule has 0 aliphatic rings. The lowest BCUT2D eigenvalue weighted by Gasteiger charge is -2.03. The summed E-state index contributed by atoms with van der Waals surface area (Å²) in [7, 11) is 1.84. The van der Waals surface area contributed by atoms with Gasteiger partial charge in [0.15, 0.2) is 0 Å². The number of aromatic amines is 1. The van der Waals surface area contributed by atoms with Gasteiger partial charge in [-0.3, -0.25) is 4.79 Å². The van der Waals surface area contributed by atoms with E-state index in [4.69, 9.17) is 0 Å². The Hall–Kier alpha value is -2.56. The Morgan fingerprint density at radius 2 is 2.32 bits per heavy atom. The zero-order valence-electron chi connectivity index (χ0n) is 10.6. The Kier molecular flexibility index (Phi) is 2.79. The molecule has 0 aliphatic heterocycles. The zero-order chi connectivity index (χ0) is 13.2. The highest BCUT2D eigenvalue weighted by molar-refractivity contribution is 5.92. The summed E-state index contributed by atoms with van der Waals surface area (Å²) >= 11 is 0. The molecule has 3 rings (SSSR count). The van der Waals surface area contributed by atoms with E-state index in [0.29, 0.717) is 12.2 Å². The first kappa shape index (κ1) is 11.5. The van der Waals surface area contributed by atoms with Crippen molar-refractivity contribution < 1.29 is 4.79 Å². The molecule has 0 saturated heterocycles. The van der Waals surface area contributed by atoms with Gasteiger partial charge in [0.25, 0.3) is 5.91 Å². The van der Waals surface area contributed by atoms with Crippen molar-refractivity contribution in [1.82, 2.24) is 19.9 Å². The highest BCUT2D eigenvalue weighted by Gasteiger charge is 2.08. The van der Waals surface area contributed by atoms with Crippen LogP contribution in [0.1, 0.15) is 16.1 Å². The van der Waals surface area contributed by atoms with Gasteiger partial charge < -0.3 is 14.9 Å². The summed E-state index contributed by atoms with van der Waals surface area (Å²) in [5.41, 5.74) is 2.56. The molecule has 0 radical (unpaired) electrons. The minimum absolute atomic E-state index is 0.160. The van der Waals surface area contributed by atoms with E-state index in [1.807, 2.05) is 37.5 Å². The minimum Gasteiger partial charge on any atom is -0.361 e. The second-order valence-electron chi connectivity index (χ2n) is 4.51. The lowest BCUT2D eigenvalue weighted by atomic mass is 10.1. The van der Waals surface area contributed by atoms with Crippen LogP contribution in [0.3, 0.4) is 0 Å². The molecule has 1 aromatic carbocycles. The first-order valence-corrected chi connectivity index (χ1v) is 6.04. The quantitative estimate of drug-likeness (QED) is 0.749. The second-order valence-corrected chi connectivity index (χ2v) is 4.51. The van der Waals surface area contributed by atoms with Crippen LogP contribution in [-0.4, -0.2) is 20.4 Å². The lowest BCUT2D eigenvalue weighted by molar-refractivity contribution is 0.0946. The van der Waals surface area contributed by atoms with Gasteiger partial charge in [0.05, 0.1) is 6.33 Å². The molecule has 96 valence electrons. The van der Waals surface area contributed by atoms with Crippen molar-refractivity contribution >= 4 is 16.8 Å². The number of H-pyrrole nitrogens is 1. The van der Waals surface area contributed by atoms with Crippen molar-refractivity contribution in [3.05, 3.63) is 54.2 Å². The molecule has 1 amide bonds. The summed E-state index contributed by atoms with van der Waals surface area (Å²) in [5, 5.41) is 4.02. The molecule has 0 fully saturated rings. The topological polar surface area (TPSA) is 62.7 Å². The maximum atomic E-state index is 11.9. The first-order valence-electron chi connectivity index (χ1n) is 6.04. The van der Waals surface area contributed by atoms with Crippen LogP contribution in [0.25, 0.3) is 10.9 Å². The van der Waals surface area contributed by atoms with E-state index in [-0.39, 0.29) is 5.91 Å². The van der Waals surface area contributed by atoms with Crippen molar-refractivity contribution in [2.75, 3.05) is 0 Å². The number of aryl methyl sites for hydroxylation is 1. The molecule has 5 heteroatoms. The Morgan fingerprint density at radius 3 is 3.11 bits per heavy atom. The molecule has 19 heavy (non-hydrogen) atoms. The fraction of sp³-hybridized carbons (Fsp3) is 0.143. The third-order valence-corrected chi connectivity index (χ3v) is 3.01. The van der Waals surface area contributed by atoms with E-state index in [1.54, 1.807) is 17.1 Å². The number of carbonyl (C=O) groups excluding carboxylic acids is 1. The fourth-order valence-electron chi connectivity index (χ4n) is 2.01. The Labute approximate surface area is 110 Å². The Balaban J connectivity index is 1.70. The maximum Gasteiger partial charge on any atom is 0.271 e. The number of hydrogen-bond donors (Lipinski definition) is 2. The summed E-state index contributed by atoms with van der Waals surface area (Å²) in [4.78, 5) is 19.0. The predicted octanol–water partition coefficient (Wildman–Crippen LogP) is 1.83. The molecule has 2 heterocycles. The van der Waals surface area contributed by atoms with Crippen molar-refractivity contribution in [1.29, 1.82) is 0 Å². The molecule has 0 saturated carbocycles. The number of carbonyl (C=O) groups is 1. The average molecular weight is 254 g/mol. The van der Waals surface area contributed by atoms with E-state index < -0.39 is 0 Å². The number of nitrogens with zero attached hydrogens (tertiary/aromatic N) is 2. The number of hydrogen-bond acceptors (Lipinski definition) is 2. The minimum atomic E-state index is -0.160. The van der Waals surface area contributed by atoms with E-state index in [2.05, 4.69) is 15.3 Å². The SMILES string of the molecule is Cn1cnc(C(=O)NCc2ccc3cc[nH]c3c2)c1. The number of benzene rings is 1. The smallest absolute Gasteiger partial charge is 0.271 e. The normalized spacial score (nSPS) is 10.8. The van der Waals surface area contributed by atoms with E-state index in [9.17, 15) is 4.79 Å². The largest absolute Gasteiger partial charge is 0.361 e. The van der Waals surface area contributed by atoms with Gasteiger partial charge in [0.2, 0.25) is 0 Å². The maximum absolute atomic E-state index is 11.9. The fourth-order valence-corrected chi connectivity index (χ4v) is 2.01. The number of fused-ring (bicyclic) bond motifs is 1. The highest BCUT2D eigenvalue weighted by atomic mass is 16.1. The van der Waals surface area contributed by atoms with Crippen molar-refractivity contribution in [2.45, 2.75) is 6.54 Å². The third-order valence-electron chi connectivity index (χ3n) is 3.01. The first-order chi connectivity index (χ1) is 9.22. The number of imidazole rings is 1. The molecule has 2 aromatic heterocycles. The molecule has 3 aromatic rings. The standard InChI is InChI=1S/C14H14N4O/c1-18-8-13(17-9-18)14(19)16-7-10-2-3-11-4-5-15-12(11)6-10/h2-6,8-9,15H,7H2,1H3,(H,16,19). The van der Waals surface area contributed by atoms with Gasteiger partial charge >= 0.3 is 0 Å². The highest BCUT2D eigenvalue weighted by Crippen LogP contribution is 2.14. The lowest BCUT2D eigenvalue weighted by Crippen LogP contribution is -2.23. The summed E-state index contributed by atoms with van der Waals surface area (Å²) in [6.45, 7) is 0.490. The van der Waals surface area contributed by atoms with Crippen LogP contribution in [0.4, 0.5) is 0 Å². The van der Waals surface area contributed by atoms with Crippen molar-refractivity contribution in [3.63, 3.8) is 0 Å². The molecular weight excluding hydrogens is 240 g/mol. The number of amides is 1. The third kappa shape index (κ3) is 2.35. The van der Waals surface area contributed by atoms with Gasteiger partial charge in [-0.15, -0.1) is 0 Å². The van der Waals surface area contributed by atoms with Crippen LogP contribution < -0.4 is 5.32 Å². The predicted molar refractivity (Wildman–Crippen MR) is 72.7 cm³/mol. The zero-order valence-corrected chi connectivity index (χ0v) is 10.6. The van der Waals surface area contributed by atoms with Crippen LogP contribution in [0.5, 0.6) is 0 Å². The van der Waals surface area contributed by atoms with Crippen molar-refractivity contribution in [3.8, 4) is 0 Å². The van der Waals surface area contributed by atoms with Crippen molar-refractivity contribution in [2.24, 2.45) is 7.05 Å². The van der Waals surface area contributed by atoms with E-state index in [0.717, 1.165) is 11.1 Å². The molecule has 5 nitrogen and oxygen atoms in total. The van der Waals surface area contributed by atoms with Crippen LogP contribution in [0.15, 0.2) is 43.0 Å². The molecule has 0 atom stereocenters. The Bertz CT molecular complexity index is 726.